The number of carboxylic acids is 1. The molecule has 9 nitrogen and oxygen atoms in total. The average Bonchev–Trinajstić information content (AvgIpc) is 3.13. The van der Waals surface area contributed by atoms with Gasteiger partial charge in [0, 0.05) is 16.7 Å². The number of allylic oxidation sites excluding steroid dienone is 5. The van der Waals surface area contributed by atoms with Crippen LogP contribution in [0.4, 0.5) is 0 Å². The van der Waals surface area contributed by atoms with Gasteiger partial charge in [-0.15, -0.1) is 0 Å². The molecule has 5 N–H and O–H groups in total. The number of aliphatic hydroxyl groups excluding tert-OH is 1. The van der Waals surface area contributed by atoms with Gasteiger partial charge in [-0.25, -0.2) is 4.79 Å². The van der Waals surface area contributed by atoms with Crippen LogP contribution in [0, 0.1) is 5.92 Å². The molecule has 0 aromatic heterocycles. The first kappa shape index (κ1) is 22.3. The second-order valence-corrected chi connectivity index (χ2v) is 8.66. The maximum absolute atomic E-state index is 13.0. The zero-order valence-electron chi connectivity index (χ0n) is 18.4. The van der Waals surface area contributed by atoms with E-state index in [-0.39, 0.29) is 44.6 Å². The van der Waals surface area contributed by atoms with E-state index in [1.807, 2.05) is 0 Å². The van der Waals surface area contributed by atoms with Crippen molar-refractivity contribution in [3.05, 3.63) is 81.1 Å². The van der Waals surface area contributed by atoms with Crippen molar-refractivity contribution in [3.8, 4) is 11.5 Å². The number of Topliss-reactive ketones (excluding diaryl/α,β-unsaturated/α-hetero) is 3. The highest BCUT2D eigenvalue weighted by atomic mass is 16.4. The molecule has 176 valence electrons. The Morgan fingerprint density at radius 1 is 0.857 bits per heavy atom. The number of aromatic hydroxyl groups is 2. The van der Waals surface area contributed by atoms with Gasteiger partial charge >= 0.3 is 5.97 Å². The van der Waals surface area contributed by atoms with E-state index in [9.17, 15) is 44.7 Å². The molecule has 0 spiro atoms. The van der Waals surface area contributed by atoms with E-state index < -0.39 is 57.7 Å². The maximum atomic E-state index is 13.0. The molecule has 0 radical (unpaired) electrons. The number of rotatable bonds is 3. The first-order valence-electron chi connectivity index (χ1n) is 10.5. The van der Waals surface area contributed by atoms with Crippen molar-refractivity contribution in [2.24, 2.45) is 5.92 Å². The van der Waals surface area contributed by atoms with Gasteiger partial charge in [0.15, 0.2) is 11.5 Å². The Morgan fingerprint density at radius 3 is 2.03 bits per heavy atom. The minimum absolute atomic E-state index is 0.0120. The molecule has 0 heterocycles. The van der Waals surface area contributed by atoms with E-state index in [1.165, 1.54) is 37.3 Å². The lowest BCUT2D eigenvalue weighted by molar-refractivity contribution is -0.168. The molecule has 3 aliphatic carbocycles. The maximum Gasteiger partial charge on any atom is 0.341 e. The fourth-order valence-corrected chi connectivity index (χ4v) is 5.53. The molecule has 2 aromatic rings. The van der Waals surface area contributed by atoms with Crippen molar-refractivity contribution in [3.63, 3.8) is 0 Å². The number of fused-ring (bicyclic) bond motifs is 6. The standard InChI is InChI=1S/C26H18O9/c1-9(27)15-18-12-6-4-8-14(30)22(12)26(35,25(33)34)21(10(2)28)19(18)17-11-5-3-7-13(29)16(11)23(31)24(32)20(15)17/h3-8,21,29-30,32,35H,1-2H3,(H,33,34). The fraction of sp³-hybridized carbons (Fsp3) is 0.154. The summed E-state index contributed by atoms with van der Waals surface area (Å²) in [6, 6.07) is 7.95. The van der Waals surface area contributed by atoms with Crippen molar-refractivity contribution in [2.45, 2.75) is 19.4 Å². The molecule has 0 saturated heterocycles. The van der Waals surface area contributed by atoms with Gasteiger partial charge in [0.25, 0.3) is 0 Å². The first-order valence-corrected chi connectivity index (χ1v) is 10.5. The van der Waals surface area contributed by atoms with E-state index in [2.05, 4.69) is 0 Å². The number of phenols is 2. The van der Waals surface area contributed by atoms with Gasteiger partial charge in [-0.1, -0.05) is 24.3 Å². The molecule has 0 fully saturated rings. The van der Waals surface area contributed by atoms with E-state index >= 15 is 0 Å². The highest BCUT2D eigenvalue weighted by molar-refractivity contribution is 6.29. The summed E-state index contributed by atoms with van der Waals surface area (Å²) in [6.45, 7) is 2.23. The molecule has 2 atom stereocenters. The number of carbonyl (C=O) groups is 4. The number of ketones is 3. The van der Waals surface area contributed by atoms with Crippen LogP contribution in [0.15, 0.2) is 58.9 Å². The highest BCUT2D eigenvalue weighted by Crippen LogP contribution is 2.61. The number of hydrogen-bond donors (Lipinski definition) is 5. The van der Waals surface area contributed by atoms with Crippen molar-refractivity contribution in [1.82, 2.24) is 0 Å². The lowest BCUT2D eigenvalue weighted by atomic mass is 9.64. The van der Waals surface area contributed by atoms with Gasteiger partial charge in [-0.3, -0.25) is 14.4 Å². The van der Waals surface area contributed by atoms with Crippen LogP contribution in [-0.4, -0.2) is 48.9 Å². The van der Waals surface area contributed by atoms with Crippen LogP contribution in [0.2, 0.25) is 0 Å². The molecular weight excluding hydrogens is 456 g/mol. The zero-order chi connectivity index (χ0) is 25.6. The summed E-state index contributed by atoms with van der Waals surface area (Å²) in [5.74, 6) is -7.95. The van der Waals surface area contributed by atoms with Gasteiger partial charge in [-0.2, -0.15) is 0 Å². The SMILES string of the molecule is CC(=O)C1=C2C(=C3C1=C(O)C(=O)c1c(O)cccc13)C(C(C)=O)C(O)(C(=O)O)c1c(O)cccc12. The number of hydrogen-bond acceptors (Lipinski definition) is 8. The van der Waals surface area contributed by atoms with Gasteiger partial charge in [0.05, 0.1) is 11.5 Å². The van der Waals surface area contributed by atoms with Crippen LogP contribution in [0.3, 0.4) is 0 Å². The van der Waals surface area contributed by atoms with Crippen molar-refractivity contribution >= 4 is 34.5 Å². The first-order chi connectivity index (χ1) is 16.4. The number of carbonyl (C=O) groups excluding carboxylic acids is 3. The summed E-state index contributed by atoms with van der Waals surface area (Å²) in [5.41, 5.74) is -4.15. The third-order valence-corrected chi connectivity index (χ3v) is 6.76. The van der Waals surface area contributed by atoms with E-state index in [0.29, 0.717) is 0 Å². The largest absolute Gasteiger partial charge is 0.508 e. The molecule has 0 bridgehead atoms. The number of carboxylic acid groups (broad SMARTS) is 1. The Morgan fingerprint density at radius 2 is 1.46 bits per heavy atom. The Kier molecular flexibility index (Phi) is 4.46. The fourth-order valence-electron chi connectivity index (χ4n) is 5.53. The lowest BCUT2D eigenvalue weighted by Crippen LogP contribution is -2.50. The second kappa shape index (κ2) is 7.00. The van der Waals surface area contributed by atoms with Crippen molar-refractivity contribution in [2.75, 3.05) is 0 Å². The summed E-state index contributed by atoms with van der Waals surface area (Å²) in [7, 11) is 0. The van der Waals surface area contributed by atoms with Crippen LogP contribution < -0.4 is 0 Å². The molecule has 2 aromatic carbocycles. The lowest BCUT2D eigenvalue weighted by Gasteiger charge is -2.40. The van der Waals surface area contributed by atoms with Crippen LogP contribution in [0.5, 0.6) is 11.5 Å². The predicted octanol–water partition coefficient (Wildman–Crippen LogP) is 2.41. The molecule has 0 aliphatic heterocycles. The molecular formula is C26H18O9. The van der Waals surface area contributed by atoms with Crippen LogP contribution in [-0.2, 0) is 20.0 Å². The third kappa shape index (κ3) is 2.55. The molecule has 2 unspecified atom stereocenters. The summed E-state index contributed by atoms with van der Waals surface area (Å²) >= 11 is 0. The normalized spacial score (nSPS) is 22.5. The summed E-state index contributed by atoms with van der Waals surface area (Å²) in [4.78, 5) is 51.5. The quantitative estimate of drug-likeness (QED) is 0.448. The van der Waals surface area contributed by atoms with E-state index in [4.69, 9.17) is 0 Å². The Hall–Kier alpha value is -4.50. The Bertz CT molecular complexity index is 1540. The minimum Gasteiger partial charge on any atom is -0.508 e. The zero-order valence-corrected chi connectivity index (χ0v) is 18.4. The van der Waals surface area contributed by atoms with Crippen LogP contribution in [0.25, 0.3) is 11.1 Å². The molecule has 0 saturated carbocycles. The number of aliphatic carboxylic acids is 1. The van der Waals surface area contributed by atoms with Gasteiger partial charge in [0.1, 0.15) is 17.3 Å². The summed E-state index contributed by atoms with van der Waals surface area (Å²) in [6.07, 6.45) is 0. The molecule has 5 rings (SSSR count). The summed E-state index contributed by atoms with van der Waals surface area (Å²) < 4.78 is 0. The Balaban J connectivity index is 2.10. The number of phenolic OH excluding ortho intramolecular Hbond substituents is 2. The van der Waals surface area contributed by atoms with Crippen molar-refractivity contribution in [1.29, 1.82) is 0 Å². The van der Waals surface area contributed by atoms with Gasteiger partial charge in [0.2, 0.25) is 11.4 Å². The van der Waals surface area contributed by atoms with Crippen LogP contribution >= 0.6 is 0 Å². The highest BCUT2D eigenvalue weighted by Gasteiger charge is 2.60. The third-order valence-electron chi connectivity index (χ3n) is 6.76. The topological polar surface area (TPSA) is 169 Å². The number of aliphatic hydroxyl groups is 2. The minimum atomic E-state index is -2.94. The van der Waals surface area contributed by atoms with E-state index in [1.54, 1.807) is 0 Å². The van der Waals surface area contributed by atoms with Crippen molar-refractivity contribution < 1.29 is 44.7 Å². The molecule has 3 aliphatic rings. The Labute approximate surface area is 197 Å². The monoisotopic (exact) mass is 474 g/mol. The molecule has 9 heteroatoms. The van der Waals surface area contributed by atoms with Gasteiger partial charge < -0.3 is 25.5 Å². The smallest absolute Gasteiger partial charge is 0.341 e. The number of benzene rings is 2. The summed E-state index contributed by atoms with van der Waals surface area (Å²) in [5, 5.41) is 53.7. The molecule has 0 amide bonds. The molecule has 35 heavy (non-hydrogen) atoms. The second-order valence-electron chi connectivity index (χ2n) is 8.66. The predicted molar refractivity (Wildman–Crippen MR) is 120 cm³/mol. The average molecular weight is 474 g/mol. The van der Waals surface area contributed by atoms with Gasteiger partial charge in [-0.05, 0) is 53.8 Å². The van der Waals surface area contributed by atoms with Crippen LogP contribution in [0.1, 0.15) is 40.9 Å². The van der Waals surface area contributed by atoms with E-state index in [0.717, 1.165) is 13.0 Å².